The van der Waals surface area contributed by atoms with Crippen LogP contribution in [0, 0.1) is 11.8 Å². The van der Waals surface area contributed by atoms with Gasteiger partial charge in [-0.2, -0.15) is 0 Å². The Labute approximate surface area is 160 Å². The van der Waals surface area contributed by atoms with E-state index in [1.807, 2.05) is 0 Å². The summed E-state index contributed by atoms with van der Waals surface area (Å²) in [5, 5.41) is 12.9. The van der Waals surface area contributed by atoms with Gasteiger partial charge in [0.2, 0.25) is 11.8 Å². The zero-order valence-corrected chi connectivity index (χ0v) is 14.8. The summed E-state index contributed by atoms with van der Waals surface area (Å²) in [6.07, 6.45) is -0.0484. The predicted molar refractivity (Wildman–Crippen MR) is 95.3 cm³/mol. The van der Waals surface area contributed by atoms with E-state index >= 15 is 0 Å². The summed E-state index contributed by atoms with van der Waals surface area (Å²) in [5.41, 5.74) is 0.694. The molecule has 1 atom stereocenters. The Bertz CT molecular complexity index is 943. The minimum absolute atomic E-state index is 0.0564. The van der Waals surface area contributed by atoms with E-state index in [0.717, 1.165) is 4.90 Å². The van der Waals surface area contributed by atoms with Gasteiger partial charge in [0, 0.05) is 24.9 Å². The fraction of sp³-hybridized carbons (Fsp3) is 0.316. The first kappa shape index (κ1) is 19.1. The molecule has 9 heteroatoms. The minimum Gasteiger partial charge on any atom is -0.465 e. The van der Waals surface area contributed by atoms with Crippen molar-refractivity contribution < 1.29 is 29.1 Å². The zero-order valence-electron chi connectivity index (χ0n) is 14.8. The molecule has 5 amide bonds. The van der Waals surface area contributed by atoms with Gasteiger partial charge in [-0.15, -0.1) is 0 Å². The van der Waals surface area contributed by atoms with Gasteiger partial charge in [0.05, 0.1) is 11.1 Å². The number of piperidine rings is 1. The van der Waals surface area contributed by atoms with Crippen LogP contribution in [0.4, 0.5) is 4.79 Å². The molecule has 1 saturated heterocycles. The van der Waals surface area contributed by atoms with Crippen LogP contribution in [0.2, 0.25) is 0 Å². The highest BCUT2D eigenvalue weighted by Crippen LogP contribution is 2.29. The van der Waals surface area contributed by atoms with Gasteiger partial charge in [-0.25, -0.2) is 4.79 Å². The Morgan fingerprint density at radius 1 is 1.25 bits per heavy atom. The largest absolute Gasteiger partial charge is 0.465 e. The maximum absolute atomic E-state index is 12.9. The maximum Gasteiger partial charge on any atom is 0.404 e. The van der Waals surface area contributed by atoms with Gasteiger partial charge in [-0.1, -0.05) is 17.9 Å². The molecule has 2 aliphatic heterocycles. The summed E-state index contributed by atoms with van der Waals surface area (Å²) in [6, 6.07) is 3.70. The van der Waals surface area contributed by atoms with Gasteiger partial charge in [-0.3, -0.25) is 29.4 Å². The summed E-state index contributed by atoms with van der Waals surface area (Å²) in [5.74, 6) is 3.43. The van der Waals surface area contributed by atoms with Crippen molar-refractivity contribution >= 4 is 29.7 Å². The Hall–Kier alpha value is -3.67. The summed E-state index contributed by atoms with van der Waals surface area (Å²) in [6.45, 7) is 0.262. The molecular formula is C19H17N3O6. The van der Waals surface area contributed by atoms with E-state index in [1.54, 1.807) is 12.1 Å². The van der Waals surface area contributed by atoms with E-state index in [9.17, 15) is 24.0 Å². The number of carbonyl (C=O) groups is 5. The third kappa shape index (κ3) is 3.71. The molecule has 1 aromatic carbocycles. The van der Waals surface area contributed by atoms with Crippen LogP contribution >= 0.6 is 0 Å². The maximum atomic E-state index is 12.9. The first-order valence-corrected chi connectivity index (χ1v) is 8.70. The average molecular weight is 383 g/mol. The van der Waals surface area contributed by atoms with Gasteiger partial charge < -0.3 is 10.4 Å². The first-order chi connectivity index (χ1) is 13.4. The molecule has 2 aliphatic rings. The van der Waals surface area contributed by atoms with Gasteiger partial charge >= 0.3 is 6.09 Å². The molecule has 0 radical (unpaired) electrons. The molecule has 9 nitrogen and oxygen atoms in total. The third-order valence-corrected chi connectivity index (χ3v) is 4.45. The van der Waals surface area contributed by atoms with Crippen LogP contribution in [0.5, 0.6) is 0 Å². The molecule has 3 rings (SSSR count). The molecule has 28 heavy (non-hydrogen) atoms. The van der Waals surface area contributed by atoms with E-state index in [0.29, 0.717) is 18.4 Å². The third-order valence-electron chi connectivity index (χ3n) is 4.45. The second-order valence-corrected chi connectivity index (χ2v) is 6.31. The zero-order chi connectivity index (χ0) is 20.3. The van der Waals surface area contributed by atoms with Gasteiger partial charge in [-0.05, 0) is 25.0 Å². The van der Waals surface area contributed by atoms with E-state index in [4.69, 9.17) is 5.11 Å². The molecule has 1 fully saturated rings. The number of nitrogens with one attached hydrogen (secondary N) is 2. The van der Waals surface area contributed by atoms with Crippen LogP contribution in [0.15, 0.2) is 18.2 Å². The quantitative estimate of drug-likeness (QED) is 0.394. The van der Waals surface area contributed by atoms with Crippen molar-refractivity contribution in [1.29, 1.82) is 0 Å². The van der Waals surface area contributed by atoms with Crippen LogP contribution in [0.3, 0.4) is 0 Å². The summed E-state index contributed by atoms with van der Waals surface area (Å²) >= 11 is 0. The Morgan fingerprint density at radius 2 is 2.04 bits per heavy atom. The van der Waals surface area contributed by atoms with Crippen LogP contribution in [-0.2, 0) is 9.59 Å². The number of rotatable bonds is 4. The van der Waals surface area contributed by atoms with Crippen molar-refractivity contribution in [3.8, 4) is 11.8 Å². The lowest BCUT2D eigenvalue weighted by Crippen LogP contribution is -2.54. The Morgan fingerprint density at radius 3 is 2.75 bits per heavy atom. The lowest BCUT2D eigenvalue weighted by molar-refractivity contribution is -0.136. The number of hydrogen-bond acceptors (Lipinski definition) is 5. The number of fused-ring (bicyclic) bond motifs is 1. The van der Waals surface area contributed by atoms with Crippen molar-refractivity contribution in [1.82, 2.24) is 15.5 Å². The average Bonchev–Trinajstić information content (AvgIpc) is 2.90. The van der Waals surface area contributed by atoms with Gasteiger partial charge in [0.25, 0.3) is 11.8 Å². The van der Waals surface area contributed by atoms with Crippen molar-refractivity contribution in [2.75, 3.05) is 6.54 Å². The number of unbranched alkanes of at least 4 members (excludes halogenated alkanes) is 1. The van der Waals surface area contributed by atoms with Crippen molar-refractivity contribution in [3.63, 3.8) is 0 Å². The number of carbonyl (C=O) groups excluding carboxylic acids is 4. The Kier molecular flexibility index (Phi) is 5.40. The van der Waals surface area contributed by atoms with Crippen molar-refractivity contribution in [3.05, 3.63) is 34.9 Å². The van der Waals surface area contributed by atoms with E-state index in [1.165, 1.54) is 6.07 Å². The lowest BCUT2D eigenvalue weighted by Gasteiger charge is -2.27. The molecule has 0 aliphatic carbocycles. The van der Waals surface area contributed by atoms with Crippen LogP contribution < -0.4 is 10.6 Å². The number of hydrogen-bond donors (Lipinski definition) is 3. The molecule has 2 heterocycles. The smallest absolute Gasteiger partial charge is 0.404 e. The molecule has 3 N–H and O–H groups in total. The highest BCUT2D eigenvalue weighted by Gasteiger charge is 2.45. The molecule has 0 spiro atoms. The van der Waals surface area contributed by atoms with Crippen LogP contribution in [0.25, 0.3) is 0 Å². The van der Waals surface area contributed by atoms with Crippen molar-refractivity contribution in [2.45, 2.75) is 31.7 Å². The van der Waals surface area contributed by atoms with E-state index < -0.39 is 35.8 Å². The number of benzene rings is 1. The van der Waals surface area contributed by atoms with Gasteiger partial charge in [0.1, 0.15) is 6.04 Å². The Balaban J connectivity index is 1.78. The summed E-state index contributed by atoms with van der Waals surface area (Å²) in [4.78, 5) is 60.2. The van der Waals surface area contributed by atoms with E-state index in [-0.39, 0.29) is 30.5 Å². The molecular weight excluding hydrogens is 366 g/mol. The lowest BCUT2D eigenvalue weighted by atomic mass is 10.0. The van der Waals surface area contributed by atoms with Gasteiger partial charge in [0.15, 0.2) is 0 Å². The summed E-state index contributed by atoms with van der Waals surface area (Å²) in [7, 11) is 0. The molecule has 1 unspecified atom stereocenters. The van der Waals surface area contributed by atoms with Crippen LogP contribution in [-0.4, -0.2) is 52.3 Å². The first-order valence-electron chi connectivity index (χ1n) is 8.70. The fourth-order valence-electron chi connectivity index (χ4n) is 3.15. The molecule has 0 aromatic heterocycles. The molecule has 144 valence electrons. The highest BCUT2D eigenvalue weighted by atomic mass is 16.4. The number of nitrogens with zero attached hydrogens (tertiary/aromatic N) is 1. The number of carboxylic acid groups (broad SMARTS) is 1. The second-order valence-electron chi connectivity index (χ2n) is 6.31. The van der Waals surface area contributed by atoms with E-state index in [2.05, 4.69) is 22.5 Å². The number of imide groups is 2. The monoisotopic (exact) mass is 383 g/mol. The van der Waals surface area contributed by atoms with Crippen LogP contribution in [0.1, 0.15) is 52.0 Å². The highest BCUT2D eigenvalue weighted by molar-refractivity contribution is 6.24. The SMILES string of the molecule is O=C(O)NCCCC#Cc1cccc2c1C(=O)N(C1CCC(=O)NC1=O)C2=O. The minimum atomic E-state index is -1.11. The predicted octanol–water partition coefficient (Wildman–Crippen LogP) is 0.487. The topological polar surface area (TPSA) is 133 Å². The molecule has 0 saturated carbocycles. The fourth-order valence-corrected chi connectivity index (χ4v) is 3.15. The standard InChI is InChI=1S/C19H17N3O6/c23-14-9-8-13(16(24)21-14)22-17(25)12-7-4-6-11(15(12)18(22)26)5-2-1-3-10-20-19(27)28/h4,6-7,13,20H,1,3,8-10H2,(H,27,28)(H,21,23,24). The van der Waals surface area contributed by atoms with Crippen molar-refractivity contribution in [2.24, 2.45) is 0 Å². The number of amides is 5. The molecule has 1 aromatic rings. The summed E-state index contributed by atoms with van der Waals surface area (Å²) < 4.78 is 0. The molecule has 0 bridgehead atoms. The second kappa shape index (κ2) is 7.92. The normalized spacial score (nSPS) is 18.3.